The number of nitrogens with zero attached hydrogens (tertiary/aromatic N) is 1. The first-order chi connectivity index (χ1) is 25.9. The third kappa shape index (κ3) is 15.2. The number of nitrogens with one attached hydrogen (secondary N) is 4. The Labute approximate surface area is 319 Å². The molecular weight excluding hydrogens is 711 g/mol. The molecule has 0 aromatic heterocycles. The van der Waals surface area contributed by atoms with E-state index in [2.05, 4.69) is 26.3 Å². The molecule has 0 saturated carbocycles. The maximum Gasteiger partial charge on any atom is 0.243 e. The number of guanidine groups is 1. The second-order valence-electron chi connectivity index (χ2n) is 12.7. The van der Waals surface area contributed by atoms with Crippen LogP contribution in [0.25, 0.3) is 0 Å². The minimum atomic E-state index is -1.14. The van der Waals surface area contributed by atoms with E-state index < -0.39 is 59.7 Å². The maximum absolute atomic E-state index is 13.9. The number of aromatic hydroxyl groups is 1. The third-order valence-corrected chi connectivity index (χ3v) is 9.05. The van der Waals surface area contributed by atoms with Crippen molar-refractivity contribution in [2.45, 2.75) is 68.7 Å². The van der Waals surface area contributed by atoms with Crippen LogP contribution in [0.1, 0.15) is 36.0 Å². The normalized spacial score (nSPS) is 13.6. The highest BCUT2D eigenvalue weighted by Crippen LogP contribution is 2.12. The zero-order chi connectivity index (χ0) is 39.5. The fourth-order valence-corrected chi connectivity index (χ4v) is 5.95. The summed E-state index contributed by atoms with van der Waals surface area (Å²) in [7, 11) is 0. The molecule has 3 aromatic carbocycles. The van der Waals surface area contributed by atoms with Crippen LogP contribution >= 0.6 is 11.8 Å². The molecule has 5 amide bonds. The van der Waals surface area contributed by atoms with Crippen LogP contribution in [0, 0.1) is 0 Å². The number of phenols is 1. The van der Waals surface area contributed by atoms with Gasteiger partial charge in [0.05, 0.1) is 6.04 Å². The Kier molecular flexibility index (Phi) is 17.8. The van der Waals surface area contributed by atoms with Crippen LogP contribution in [0.5, 0.6) is 5.75 Å². The zero-order valence-corrected chi connectivity index (χ0v) is 31.1. The highest BCUT2D eigenvalue weighted by Gasteiger charge is 2.31. The number of primary amides is 1. The molecule has 0 spiro atoms. The van der Waals surface area contributed by atoms with Crippen LogP contribution < -0.4 is 44.2 Å². The van der Waals surface area contributed by atoms with Gasteiger partial charge in [-0.3, -0.25) is 29.0 Å². The molecule has 3 aromatic rings. The first-order valence-electron chi connectivity index (χ1n) is 17.5. The van der Waals surface area contributed by atoms with E-state index >= 15 is 0 Å². The van der Waals surface area contributed by atoms with Crippen LogP contribution in [0.2, 0.25) is 0 Å². The van der Waals surface area contributed by atoms with Gasteiger partial charge in [0.2, 0.25) is 29.5 Å². The number of amides is 5. The molecule has 0 aliphatic rings. The van der Waals surface area contributed by atoms with E-state index in [-0.39, 0.29) is 50.4 Å². The summed E-state index contributed by atoms with van der Waals surface area (Å²) < 4.78 is 0. The number of thioether (sulfide) groups is 1. The number of phenolic OH excluding ortho intramolecular Hbond substituents is 1. The quantitative estimate of drug-likeness (QED) is 0.0375. The number of carbonyl (C=O) groups excluding carboxylic acids is 5. The summed E-state index contributed by atoms with van der Waals surface area (Å²) in [6.45, 7) is 0.174. The highest BCUT2D eigenvalue weighted by atomic mass is 32.2. The van der Waals surface area contributed by atoms with Crippen molar-refractivity contribution in [3.63, 3.8) is 0 Å². The van der Waals surface area contributed by atoms with E-state index in [4.69, 9.17) is 22.9 Å². The third-order valence-electron chi connectivity index (χ3n) is 8.41. The fourth-order valence-electron chi connectivity index (χ4n) is 5.48. The summed E-state index contributed by atoms with van der Waals surface area (Å²) in [5.41, 5.74) is 25.0. The van der Waals surface area contributed by atoms with Gasteiger partial charge >= 0.3 is 0 Å². The Morgan fingerprint density at radius 1 is 0.630 bits per heavy atom. The fraction of sp³-hybridized carbons (Fsp3) is 0.368. The Hall–Kier alpha value is -5.61. The number of hydrogen-bond acceptors (Lipinski definition) is 9. The van der Waals surface area contributed by atoms with E-state index in [0.29, 0.717) is 17.7 Å². The van der Waals surface area contributed by atoms with E-state index in [1.807, 2.05) is 30.5 Å². The van der Waals surface area contributed by atoms with Gasteiger partial charge in [-0.15, -0.1) is 0 Å². The summed E-state index contributed by atoms with van der Waals surface area (Å²) in [5, 5.41) is 20.5. The lowest BCUT2D eigenvalue weighted by molar-refractivity contribution is -0.134. The number of nitrogens with two attached hydrogens (primary N) is 4. The molecule has 15 nitrogen and oxygen atoms in total. The van der Waals surface area contributed by atoms with Crippen molar-refractivity contribution in [3.8, 4) is 5.75 Å². The van der Waals surface area contributed by atoms with Crippen LogP contribution in [-0.2, 0) is 43.2 Å². The van der Waals surface area contributed by atoms with Gasteiger partial charge in [0.15, 0.2) is 5.96 Å². The molecule has 290 valence electrons. The minimum Gasteiger partial charge on any atom is -0.508 e. The Morgan fingerprint density at radius 2 is 1.09 bits per heavy atom. The first kappa shape index (κ1) is 42.8. The van der Waals surface area contributed by atoms with Crippen LogP contribution in [0.3, 0.4) is 0 Å². The standard InChI is InChI=1S/C38H51N9O6S/c1-54-20-18-30(36(52)44-29(13-8-19-43-38(41)42)35(51)46-31(33(40)49)22-24-9-4-2-5-10-24)45-37(53)32(23-25-11-6-3-7-12-25)47-34(50)28(39)21-26-14-16-27(48)17-15-26/h2-7,9-12,14-17,28-32,48H,8,13,18-23,39H2,1H3,(H2,40,49)(H,44,52)(H,45,53)(H,46,51)(H,47,50)(H4,41,42,43)/t28-,29+,30+,31+,32+/m1/s1. The molecule has 54 heavy (non-hydrogen) atoms. The monoisotopic (exact) mass is 761 g/mol. The van der Waals surface area contributed by atoms with Gasteiger partial charge in [-0.25, -0.2) is 0 Å². The number of benzene rings is 3. The van der Waals surface area contributed by atoms with Gasteiger partial charge in [0, 0.05) is 19.4 Å². The van der Waals surface area contributed by atoms with Gasteiger partial charge in [-0.05, 0) is 66.5 Å². The Balaban J connectivity index is 1.80. The first-order valence-corrected chi connectivity index (χ1v) is 18.9. The lowest BCUT2D eigenvalue weighted by Crippen LogP contribution is -2.59. The largest absolute Gasteiger partial charge is 0.508 e. The predicted molar refractivity (Wildman–Crippen MR) is 210 cm³/mol. The van der Waals surface area contributed by atoms with Gasteiger partial charge in [-0.1, -0.05) is 72.8 Å². The van der Waals surface area contributed by atoms with Crippen molar-refractivity contribution >= 4 is 47.3 Å². The second-order valence-corrected chi connectivity index (χ2v) is 13.7. The highest BCUT2D eigenvalue weighted by molar-refractivity contribution is 7.98. The summed E-state index contributed by atoms with van der Waals surface area (Å²) >= 11 is 1.46. The average molecular weight is 762 g/mol. The summed E-state index contributed by atoms with van der Waals surface area (Å²) in [6.07, 6.45) is 2.84. The van der Waals surface area contributed by atoms with Crippen molar-refractivity contribution in [1.82, 2.24) is 21.3 Å². The minimum absolute atomic E-state index is 0.0761. The molecular formula is C38H51N9O6S. The molecule has 0 unspecified atom stereocenters. The summed E-state index contributed by atoms with van der Waals surface area (Å²) in [5.74, 6) is -2.84. The maximum atomic E-state index is 13.9. The van der Waals surface area contributed by atoms with Crippen molar-refractivity contribution in [2.75, 3.05) is 18.6 Å². The number of hydrogen-bond donors (Lipinski definition) is 9. The SMILES string of the molecule is CSCC[C@H](NC(=O)[C@H](Cc1ccccc1)NC(=O)[C@H](N)Cc1ccc(O)cc1)C(=O)N[C@@H](CCCN=C(N)N)C(=O)N[C@@H](Cc1ccccc1)C(N)=O. The zero-order valence-electron chi connectivity index (χ0n) is 30.3. The van der Waals surface area contributed by atoms with Gasteiger partial charge < -0.3 is 49.3 Å². The molecule has 0 radical (unpaired) electrons. The second kappa shape index (κ2) is 22.5. The summed E-state index contributed by atoms with van der Waals surface area (Å²) in [4.78, 5) is 71.1. The van der Waals surface area contributed by atoms with Crippen molar-refractivity contribution < 1.29 is 29.1 Å². The van der Waals surface area contributed by atoms with Gasteiger partial charge in [0.1, 0.15) is 29.9 Å². The molecule has 0 heterocycles. The van der Waals surface area contributed by atoms with Gasteiger partial charge in [0.25, 0.3) is 0 Å². The van der Waals surface area contributed by atoms with E-state index in [0.717, 1.165) is 11.1 Å². The molecule has 13 N–H and O–H groups in total. The molecule has 3 rings (SSSR count). The molecule has 0 bridgehead atoms. The predicted octanol–water partition coefficient (Wildman–Crippen LogP) is -0.0214. The van der Waals surface area contributed by atoms with E-state index in [1.54, 1.807) is 48.5 Å². The molecule has 5 atom stereocenters. The van der Waals surface area contributed by atoms with Crippen molar-refractivity contribution in [1.29, 1.82) is 0 Å². The molecule has 0 aliphatic heterocycles. The number of rotatable bonds is 22. The Morgan fingerprint density at radius 3 is 1.61 bits per heavy atom. The average Bonchev–Trinajstić information content (AvgIpc) is 3.15. The lowest BCUT2D eigenvalue weighted by Gasteiger charge is -2.27. The summed E-state index contributed by atoms with van der Waals surface area (Å²) in [6, 6.07) is 18.9. The molecule has 16 heteroatoms. The molecule has 0 fully saturated rings. The number of aliphatic imine (C=N–C) groups is 1. The van der Waals surface area contributed by atoms with Crippen molar-refractivity contribution in [3.05, 3.63) is 102 Å². The molecule has 0 saturated heterocycles. The van der Waals surface area contributed by atoms with E-state index in [9.17, 15) is 29.1 Å². The van der Waals surface area contributed by atoms with Gasteiger partial charge in [-0.2, -0.15) is 11.8 Å². The molecule has 0 aliphatic carbocycles. The lowest BCUT2D eigenvalue weighted by atomic mass is 10.0. The van der Waals surface area contributed by atoms with Crippen LogP contribution in [0.15, 0.2) is 89.9 Å². The smallest absolute Gasteiger partial charge is 0.243 e. The van der Waals surface area contributed by atoms with Crippen LogP contribution in [0.4, 0.5) is 0 Å². The van der Waals surface area contributed by atoms with Crippen molar-refractivity contribution in [2.24, 2.45) is 27.9 Å². The van der Waals surface area contributed by atoms with E-state index in [1.165, 1.54) is 23.9 Å². The van der Waals surface area contributed by atoms with Crippen LogP contribution in [-0.4, -0.2) is 89.4 Å². The Bertz CT molecular complexity index is 1690. The number of carbonyl (C=O) groups is 5. The topological polar surface area (TPSA) is 270 Å².